The van der Waals surface area contributed by atoms with E-state index in [1.807, 2.05) is 0 Å². The molecule has 0 aliphatic heterocycles. The standard InChI is InChI=1S/C22H24N2O8/c1-7-8-5-4-6-9(25)11(8)16(26)12-10(7)17(27)14-15(24(2)3)18(28)13(21(23)31)20(30)22(14,32)19(12)29/h4-7,10,14-15,17,25-27,30,32H,1-3H3,(H2,23,31)/t7-,10?,14?,15?,17?,22?/m1/s1. The molecule has 0 radical (unpaired) electrons. The number of rotatable bonds is 2. The Balaban J connectivity index is 2.07. The van der Waals surface area contributed by atoms with E-state index in [9.17, 15) is 39.9 Å². The lowest BCUT2D eigenvalue weighted by Gasteiger charge is -2.53. The molecule has 0 aromatic heterocycles. The summed E-state index contributed by atoms with van der Waals surface area (Å²) in [7, 11) is 2.92. The maximum Gasteiger partial charge on any atom is 0.255 e. The SMILES string of the molecule is C[C@@H]1c2cccc(O)c2C(O)=C2C(=O)C3(O)C(O)=C(C(N)=O)C(=O)C(N(C)C)C3C(O)C21. The van der Waals surface area contributed by atoms with Gasteiger partial charge in [0.15, 0.2) is 11.4 Å². The van der Waals surface area contributed by atoms with Crippen LogP contribution in [0.1, 0.15) is 24.0 Å². The molecule has 5 unspecified atom stereocenters. The number of carbonyl (C=O) groups is 3. The molecule has 170 valence electrons. The van der Waals surface area contributed by atoms with E-state index in [0.717, 1.165) is 0 Å². The first-order valence-corrected chi connectivity index (χ1v) is 10.0. The van der Waals surface area contributed by atoms with Crippen LogP contribution in [0.25, 0.3) is 5.76 Å². The molecule has 3 aliphatic carbocycles. The van der Waals surface area contributed by atoms with Crippen molar-refractivity contribution < 1.29 is 39.9 Å². The van der Waals surface area contributed by atoms with Gasteiger partial charge in [-0.1, -0.05) is 19.1 Å². The van der Waals surface area contributed by atoms with Gasteiger partial charge in [0, 0.05) is 11.5 Å². The second-order valence-corrected chi connectivity index (χ2v) is 8.79. The minimum atomic E-state index is -2.89. The number of aliphatic hydroxyl groups excluding tert-OH is 3. The number of aromatic hydroxyl groups is 1. The van der Waals surface area contributed by atoms with E-state index in [-0.39, 0.29) is 11.3 Å². The van der Waals surface area contributed by atoms with Crippen molar-refractivity contribution in [1.82, 2.24) is 4.90 Å². The van der Waals surface area contributed by atoms with Gasteiger partial charge in [0.25, 0.3) is 5.91 Å². The zero-order chi connectivity index (χ0) is 23.9. The molecule has 7 N–H and O–H groups in total. The number of aliphatic hydroxyl groups is 4. The summed E-state index contributed by atoms with van der Waals surface area (Å²) in [6.07, 6.45) is -1.59. The highest BCUT2D eigenvalue weighted by molar-refractivity contribution is 6.24. The molecule has 3 aliphatic rings. The summed E-state index contributed by atoms with van der Waals surface area (Å²) in [6, 6.07) is 3.13. The molecule has 0 spiro atoms. The van der Waals surface area contributed by atoms with E-state index >= 15 is 0 Å². The summed E-state index contributed by atoms with van der Waals surface area (Å²) in [5.74, 6) is -8.87. The Kier molecular flexibility index (Phi) is 4.74. The molecule has 0 bridgehead atoms. The van der Waals surface area contributed by atoms with Crippen LogP contribution >= 0.6 is 0 Å². The van der Waals surface area contributed by atoms with E-state index < -0.39 is 75.6 Å². The van der Waals surface area contributed by atoms with Crippen LogP contribution in [0.15, 0.2) is 35.1 Å². The number of phenols is 1. The summed E-state index contributed by atoms with van der Waals surface area (Å²) in [5, 5.41) is 54.9. The summed E-state index contributed by atoms with van der Waals surface area (Å²) < 4.78 is 0. The number of benzene rings is 1. The third kappa shape index (κ3) is 2.48. The van der Waals surface area contributed by atoms with Gasteiger partial charge in [0.2, 0.25) is 5.78 Å². The highest BCUT2D eigenvalue weighted by Gasteiger charge is 2.68. The number of primary amides is 1. The fraction of sp³-hybridized carbons (Fsp3) is 0.409. The lowest BCUT2D eigenvalue weighted by atomic mass is 9.54. The lowest BCUT2D eigenvalue weighted by molar-refractivity contribution is -0.169. The van der Waals surface area contributed by atoms with Crippen LogP contribution in [0.3, 0.4) is 0 Å². The van der Waals surface area contributed by atoms with Gasteiger partial charge in [-0.25, -0.2) is 0 Å². The van der Waals surface area contributed by atoms with Gasteiger partial charge in [0.05, 0.1) is 23.6 Å². The van der Waals surface area contributed by atoms with Gasteiger partial charge < -0.3 is 31.3 Å². The van der Waals surface area contributed by atoms with Crippen LogP contribution in [0.4, 0.5) is 0 Å². The Morgan fingerprint density at radius 1 is 1.16 bits per heavy atom. The van der Waals surface area contributed by atoms with Crippen LogP contribution in [0, 0.1) is 11.8 Å². The molecule has 10 heteroatoms. The number of Topliss-reactive ketones (excluding diaryl/α,β-unsaturated/α-hetero) is 2. The number of hydrogen-bond acceptors (Lipinski definition) is 9. The van der Waals surface area contributed by atoms with Crippen molar-refractivity contribution in [2.45, 2.75) is 30.6 Å². The van der Waals surface area contributed by atoms with Crippen molar-refractivity contribution in [3.05, 3.63) is 46.2 Å². The smallest absolute Gasteiger partial charge is 0.255 e. The Labute approximate surface area is 182 Å². The number of phenolic OH excluding ortho intramolecular Hbond substituents is 1. The minimum absolute atomic E-state index is 0.0245. The second kappa shape index (κ2) is 6.89. The van der Waals surface area contributed by atoms with Gasteiger partial charge in [-0.05, 0) is 31.6 Å². The normalized spacial score (nSPS) is 34.4. The molecule has 1 saturated carbocycles. The number of fused-ring (bicyclic) bond motifs is 3. The molecule has 1 aromatic rings. The zero-order valence-electron chi connectivity index (χ0n) is 17.6. The third-order valence-corrected chi connectivity index (χ3v) is 6.99. The number of carbonyl (C=O) groups excluding carboxylic acids is 3. The highest BCUT2D eigenvalue weighted by Crippen LogP contribution is 2.55. The number of likely N-dealkylation sites (N-methyl/N-ethyl adjacent to an activating group) is 1. The molecular weight excluding hydrogens is 420 g/mol. The van der Waals surface area contributed by atoms with Crippen LogP contribution in [-0.4, -0.2) is 79.7 Å². The van der Waals surface area contributed by atoms with Crippen molar-refractivity contribution in [3.8, 4) is 5.75 Å². The maximum absolute atomic E-state index is 13.7. The average Bonchev–Trinajstić information content (AvgIpc) is 2.70. The van der Waals surface area contributed by atoms with E-state index in [2.05, 4.69) is 0 Å². The second-order valence-electron chi connectivity index (χ2n) is 8.79. The summed E-state index contributed by atoms with van der Waals surface area (Å²) in [5.41, 5.74) is 1.47. The lowest BCUT2D eigenvalue weighted by Crippen LogP contribution is -2.70. The molecule has 0 heterocycles. The molecule has 1 fully saturated rings. The molecular formula is C22H24N2O8. The molecule has 0 saturated heterocycles. The number of amides is 1. The zero-order valence-corrected chi connectivity index (χ0v) is 17.6. The molecule has 1 amide bonds. The van der Waals surface area contributed by atoms with E-state index in [1.54, 1.807) is 19.1 Å². The molecule has 4 rings (SSSR count). The first kappa shape index (κ1) is 22.0. The van der Waals surface area contributed by atoms with E-state index in [1.165, 1.54) is 25.1 Å². The Morgan fingerprint density at radius 2 is 1.78 bits per heavy atom. The molecule has 32 heavy (non-hydrogen) atoms. The first-order valence-electron chi connectivity index (χ1n) is 10.0. The van der Waals surface area contributed by atoms with E-state index in [0.29, 0.717) is 5.56 Å². The Morgan fingerprint density at radius 3 is 2.34 bits per heavy atom. The van der Waals surface area contributed by atoms with Gasteiger partial charge in [-0.2, -0.15) is 0 Å². The third-order valence-electron chi connectivity index (χ3n) is 6.99. The number of ketones is 2. The maximum atomic E-state index is 13.7. The monoisotopic (exact) mass is 444 g/mol. The number of nitrogens with zero attached hydrogens (tertiary/aromatic N) is 1. The van der Waals surface area contributed by atoms with Crippen LogP contribution in [-0.2, 0) is 14.4 Å². The fourth-order valence-corrected chi connectivity index (χ4v) is 5.58. The summed E-state index contributed by atoms with van der Waals surface area (Å²) >= 11 is 0. The largest absolute Gasteiger partial charge is 0.508 e. The van der Waals surface area contributed by atoms with Crippen molar-refractivity contribution >= 4 is 23.2 Å². The molecule has 6 atom stereocenters. The predicted molar refractivity (Wildman–Crippen MR) is 110 cm³/mol. The minimum Gasteiger partial charge on any atom is -0.508 e. The highest BCUT2D eigenvalue weighted by atomic mass is 16.4. The van der Waals surface area contributed by atoms with Crippen molar-refractivity contribution in [3.63, 3.8) is 0 Å². The quantitative estimate of drug-likeness (QED) is 0.327. The summed E-state index contributed by atoms with van der Waals surface area (Å²) in [6.45, 7) is 1.68. The van der Waals surface area contributed by atoms with Gasteiger partial charge in [-0.3, -0.25) is 19.3 Å². The van der Waals surface area contributed by atoms with Gasteiger partial charge in [0.1, 0.15) is 22.8 Å². The van der Waals surface area contributed by atoms with Crippen molar-refractivity contribution in [2.75, 3.05) is 14.1 Å². The summed E-state index contributed by atoms with van der Waals surface area (Å²) in [4.78, 5) is 40.0. The van der Waals surface area contributed by atoms with E-state index in [4.69, 9.17) is 5.73 Å². The molecule has 10 nitrogen and oxygen atoms in total. The van der Waals surface area contributed by atoms with Crippen LogP contribution in [0.5, 0.6) is 5.75 Å². The van der Waals surface area contributed by atoms with Crippen molar-refractivity contribution in [1.29, 1.82) is 0 Å². The average molecular weight is 444 g/mol. The fourth-order valence-electron chi connectivity index (χ4n) is 5.58. The topological polar surface area (TPSA) is 182 Å². The van der Waals surface area contributed by atoms with Crippen LogP contribution in [0.2, 0.25) is 0 Å². The first-order chi connectivity index (χ1) is 14.9. The molecule has 1 aromatic carbocycles. The Bertz CT molecular complexity index is 1140. The predicted octanol–water partition coefficient (Wildman–Crippen LogP) is -0.504. The number of hydrogen-bond donors (Lipinski definition) is 6. The van der Waals surface area contributed by atoms with Crippen LogP contribution < -0.4 is 5.73 Å². The van der Waals surface area contributed by atoms with Gasteiger partial charge in [-0.15, -0.1) is 0 Å². The Hall–Kier alpha value is -3.21. The number of nitrogens with two attached hydrogens (primary N) is 1. The van der Waals surface area contributed by atoms with Gasteiger partial charge >= 0.3 is 0 Å². The van der Waals surface area contributed by atoms with Crippen molar-refractivity contribution in [2.24, 2.45) is 17.6 Å².